The minimum atomic E-state index is -0.854. The van der Waals surface area contributed by atoms with E-state index in [-0.39, 0.29) is 0 Å². The average molecular weight is 259 g/mol. The Morgan fingerprint density at radius 1 is 1.64 bits per heavy atom. The Morgan fingerprint density at radius 2 is 2.36 bits per heavy atom. The largest absolute Gasteiger partial charge is 0.497 e. The standard InChI is InChI=1S/C10H11BrO3/c1-14-8-4-2-3-7(5-8)6-9(11)10(12)13/h2-5,9H,6H2,1H3,(H,12,13)/t9-/m0/s1. The zero-order valence-corrected chi connectivity index (χ0v) is 9.32. The van der Waals surface area contributed by atoms with Gasteiger partial charge in [-0.15, -0.1) is 0 Å². The molecule has 1 atom stereocenters. The first kappa shape index (κ1) is 11.0. The molecule has 0 amide bonds. The van der Waals surface area contributed by atoms with Crippen LogP contribution in [0.5, 0.6) is 5.75 Å². The minimum Gasteiger partial charge on any atom is -0.497 e. The zero-order valence-electron chi connectivity index (χ0n) is 7.74. The Balaban J connectivity index is 2.71. The molecule has 0 fully saturated rings. The maximum Gasteiger partial charge on any atom is 0.317 e. The summed E-state index contributed by atoms with van der Waals surface area (Å²) in [5.41, 5.74) is 0.939. The van der Waals surface area contributed by atoms with Crippen LogP contribution in [0.15, 0.2) is 24.3 Å². The number of rotatable bonds is 4. The van der Waals surface area contributed by atoms with E-state index in [2.05, 4.69) is 15.9 Å². The monoisotopic (exact) mass is 258 g/mol. The van der Waals surface area contributed by atoms with Crippen LogP contribution in [0.1, 0.15) is 5.56 Å². The predicted octanol–water partition coefficient (Wildman–Crippen LogP) is 2.09. The maximum atomic E-state index is 10.6. The highest BCUT2D eigenvalue weighted by molar-refractivity contribution is 9.10. The van der Waals surface area contributed by atoms with Gasteiger partial charge in [0.2, 0.25) is 0 Å². The molecule has 1 aromatic carbocycles. The van der Waals surface area contributed by atoms with E-state index in [1.165, 1.54) is 0 Å². The van der Waals surface area contributed by atoms with Crippen molar-refractivity contribution in [1.29, 1.82) is 0 Å². The molecule has 14 heavy (non-hydrogen) atoms. The molecular weight excluding hydrogens is 248 g/mol. The molecule has 0 aliphatic carbocycles. The van der Waals surface area contributed by atoms with Crippen LogP contribution in [-0.4, -0.2) is 23.0 Å². The van der Waals surface area contributed by atoms with Gasteiger partial charge in [0.1, 0.15) is 10.6 Å². The molecule has 0 heterocycles. The zero-order chi connectivity index (χ0) is 10.6. The van der Waals surface area contributed by atoms with E-state index in [0.717, 1.165) is 11.3 Å². The van der Waals surface area contributed by atoms with Crippen molar-refractivity contribution >= 4 is 21.9 Å². The van der Waals surface area contributed by atoms with E-state index in [1.54, 1.807) is 7.11 Å². The first-order valence-electron chi connectivity index (χ1n) is 4.13. The van der Waals surface area contributed by atoms with Gasteiger partial charge >= 0.3 is 5.97 Å². The number of halogens is 1. The summed E-state index contributed by atoms with van der Waals surface area (Å²) in [5.74, 6) is -0.111. The Hall–Kier alpha value is -1.03. The minimum absolute atomic E-state index is 0.451. The fourth-order valence-electron chi connectivity index (χ4n) is 1.09. The van der Waals surface area contributed by atoms with Crippen molar-refractivity contribution in [3.63, 3.8) is 0 Å². The third kappa shape index (κ3) is 3.03. The smallest absolute Gasteiger partial charge is 0.317 e. The molecule has 0 unspecified atom stereocenters. The average Bonchev–Trinajstić information content (AvgIpc) is 2.18. The van der Waals surface area contributed by atoms with E-state index < -0.39 is 10.8 Å². The number of carboxylic acid groups (broad SMARTS) is 1. The van der Waals surface area contributed by atoms with Gasteiger partial charge in [-0.1, -0.05) is 28.1 Å². The SMILES string of the molecule is COc1cccc(C[C@H](Br)C(=O)O)c1. The lowest BCUT2D eigenvalue weighted by molar-refractivity contribution is -0.136. The fourth-order valence-corrected chi connectivity index (χ4v) is 1.47. The van der Waals surface area contributed by atoms with Crippen LogP contribution in [-0.2, 0) is 11.2 Å². The summed E-state index contributed by atoms with van der Waals surface area (Å²) >= 11 is 3.09. The molecule has 3 nitrogen and oxygen atoms in total. The Kier molecular flexibility index (Phi) is 3.95. The van der Waals surface area contributed by atoms with Gasteiger partial charge in [0, 0.05) is 0 Å². The van der Waals surface area contributed by atoms with Crippen LogP contribution in [0.4, 0.5) is 0 Å². The second-order valence-electron chi connectivity index (χ2n) is 2.86. The van der Waals surface area contributed by atoms with Crippen LogP contribution in [0, 0.1) is 0 Å². The summed E-state index contributed by atoms with van der Waals surface area (Å²) in [4.78, 5) is 10.0. The highest BCUT2D eigenvalue weighted by atomic mass is 79.9. The number of hydrogen-bond acceptors (Lipinski definition) is 2. The number of methoxy groups -OCH3 is 1. The molecule has 1 aromatic rings. The lowest BCUT2D eigenvalue weighted by Crippen LogP contribution is -2.15. The summed E-state index contributed by atoms with van der Waals surface area (Å²) in [7, 11) is 1.59. The van der Waals surface area contributed by atoms with Crippen LogP contribution in [0.25, 0.3) is 0 Å². The van der Waals surface area contributed by atoms with Gasteiger partial charge in [-0.3, -0.25) is 4.79 Å². The number of carbonyl (C=O) groups is 1. The number of hydrogen-bond donors (Lipinski definition) is 1. The quantitative estimate of drug-likeness (QED) is 0.842. The fraction of sp³-hybridized carbons (Fsp3) is 0.300. The normalized spacial score (nSPS) is 12.1. The second-order valence-corrected chi connectivity index (χ2v) is 3.97. The number of benzene rings is 1. The van der Waals surface area contributed by atoms with E-state index in [0.29, 0.717) is 6.42 Å². The molecular formula is C10H11BrO3. The van der Waals surface area contributed by atoms with Crippen LogP contribution in [0.2, 0.25) is 0 Å². The van der Waals surface area contributed by atoms with Gasteiger partial charge in [-0.05, 0) is 24.1 Å². The van der Waals surface area contributed by atoms with Crippen molar-refractivity contribution in [3.8, 4) is 5.75 Å². The molecule has 1 N–H and O–H groups in total. The van der Waals surface area contributed by atoms with Crippen molar-refractivity contribution in [1.82, 2.24) is 0 Å². The summed E-state index contributed by atoms with van der Waals surface area (Å²) in [6, 6.07) is 7.38. The summed E-state index contributed by atoms with van der Waals surface area (Å²) in [6.07, 6.45) is 0.451. The van der Waals surface area contributed by atoms with Crippen LogP contribution >= 0.6 is 15.9 Å². The summed E-state index contributed by atoms with van der Waals surface area (Å²) in [6.45, 7) is 0. The number of aliphatic carboxylic acids is 1. The van der Waals surface area contributed by atoms with E-state index >= 15 is 0 Å². The topological polar surface area (TPSA) is 46.5 Å². The van der Waals surface area contributed by atoms with Crippen molar-refractivity contribution in [2.24, 2.45) is 0 Å². The number of ether oxygens (including phenoxy) is 1. The van der Waals surface area contributed by atoms with E-state index in [4.69, 9.17) is 9.84 Å². The molecule has 0 saturated carbocycles. The van der Waals surface area contributed by atoms with Gasteiger partial charge in [-0.2, -0.15) is 0 Å². The van der Waals surface area contributed by atoms with Gasteiger partial charge in [-0.25, -0.2) is 0 Å². The molecule has 0 spiro atoms. The predicted molar refractivity (Wildman–Crippen MR) is 57.0 cm³/mol. The Morgan fingerprint density at radius 3 is 2.93 bits per heavy atom. The Bertz CT molecular complexity index is 325. The molecule has 0 aliphatic heterocycles. The molecule has 0 aliphatic rings. The first-order chi connectivity index (χ1) is 6.63. The first-order valence-corrected chi connectivity index (χ1v) is 5.05. The summed E-state index contributed by atoms with van der Waals surface area (Å²) < 4.78 is 5.03. The van der Waals surface area contributed by atoms with Gasteiger partial charge in [0.15, 0.2) is 0 Å². The molecule has 0 saturated heterocycles. The molecule has 1 rings (SSSR count). The molecule has 0 aromatic heterocycles. The molecule has 4 heteroatoms. The van der Waals surface area contributed by atoms with Crippen LogP contribution < -0.4 is 4.74 Å². The van der Waals surface area contributed by atoms with Crippen molar-refractivity contribution in [3.05, 3.63) is 29.8 Å². The van der Waals surface area contributed by atoms with Gasteiger partial charge in [0.25, 0.3) is 0 Å². The summed E-state index contributed by atoms with van der Waals surface area (Å²) in [5, 5.41) is 8.69. The molecule has 0 radical (unpaired) electrons. The number of alkyl halides is 1. The second kappa shape index (κ2) is 5.00. The maximum absolute atomic E-state index is 10.6. The molecule has 0 bridgehead atoms. The van der Waals surface area contributed by atoms with Crippen LogP contribution in [0.3, 0.4) is 0 Å². The van der Waals surface area contributed by atoms with Gasteiger partial charge in [0.05, 0.1) is 7.11 Å². The third-order valence-corrected chi connectivity index (χ3v) is 2.53. The van der Waals surface area contributed by atoms with Crippen molar-refractivity contribution in [2.45, 2.75) is 11.2 Å². The van der Waals surface area contributed by atoms with Crippen molar-refractivity contribution in [2.75, 3.05) is 7.11 Å². The highest BCUT2D eigenvalue weighted by Gasteiger charge is 2.13. The lowest BCUT2D eigenvalue weighted by Gasteiger charge is -2.06. The lowest BCUT2D eigenvalue weighted by atomic mass is 10.1. The van der Waals surface area contributed by atoms with Crippen molar-refractivity contribution < 1.29 is 14.6 Å². The Labute approximate surface area is 90.8 Å². The number of carboxylic acids is 1. The highest BCUT2D eigenvalue weighted by Crippen LogP contribution is 2.16. The molecule has 76 valence electrons. The van der Waals surface area contributed by atoms with E-state index in [1.807, 2.05) is 24.3 Å². The van der Waals surface area contributed by atoms with Gasteiger partial charge < -0.3 is 9.84 Å². The third-order valence-electron chi connectivity index (χ3n) is 1.82. The van der Waals surface area contributed by atoms with E-state index in [9.17, 15) is 4.79 Å².